The standard InChI is InChI=1S/C32H48ClN3O6S/c1-22(2)17-18-36(43(41)27-15-13-24(20-37)14-16-27)26(21-38)10-8-12-29(23(3)4)34-31(39)30(35-32(40)42-5)19-25-9-6-7-11-28(25)33/h6-7,9,11,13-16,22-23,26,29-30,37-38H,8,10,12,17-21H2,1-5H3,(H,34,39)(H,35,40)/t26?,29?,30-,43?/m0/s1. The first-order valence-electron chi connectivity index (χ1n) is 14.9. The SMILES string of the molecule is COC(=O)N[C@@H](Cc1ccccc1Cl)C(=O)NC(CCCC(CO)N(CCC(C)C)S(=O)c1ccc(CO)cc1)C(C)C. The number of aliphatic hydroxyl groups excluding tert-OH is 2. The summed E-state index contributed by atoms with van der Waals surface area (Å²) < 4.78 is 20.2. The molecule has 0 saturated heterocycles. The second kappa shape index (κ2) is 19.0. The van der Waals surface area contributed by atoms with Crippen LogP contribution < -0.4 is 10.6 Å². The van der Waals surface area contributed by atoms with Gasteiger partial charge in [-0.1, -0.05) is 69.6 Å². The molecule has 0 aliphatic heterocycles. The van der Waals surface area contributed by atoms with E-state index in [2.05, 4.69) is 24.5 Å². The molecule has 0 bridgehead atoms. The van der Waals surface area contributed by atoms with E-state index in [1.54, 1.807) is 36.4 Å². The molecule has 3 unspecified atom stereocenters. The van der Waals surface area contributed by atoms with Gasteiger partial charge in [0.05, 0.1) is 25.2 Å². The number of halogens is 1. The van der Waals surface area contributed by atoms with E-state index in [1.807, 2.05) is 30.3 Å². The summed E-state index contributed by atoms with van der Waals surface area (Å²) in [6, 6.07) is 12.8. The van der Waals surface area contributed by atoms with Crippen molar-refractivity contribution in [1.82, 2.24) is 14.9 Å². The number of ether oxygens (including phenoxy) is 1. The third kappa shape index (κ3) is 12.2. The zero-order valence-electron chi connectivity index (χ0n) is 25.9. The minimum absolute atomic E-state index is 0.0870. The Kier molecular flexibility index (Phi) is 16.2. The highest BCUT2D eigenvalue weighted by molar-refractivity contribution is 7.82. The van der Waals surface area contributed by atoms with Crippen molar-refractivity contribution in [2.75, 3.05) is 20.3 Å². The molecule has 43 heavy (non-hydrogen) atoms. The fraction of sp³-hybridized carbons (Fsp3) is 0.562. The molecule has 0 saturated carbocycles. The summed E-state index contributed by atoms with van der Waals surface area (Å²) >= 11 is 6.32. The third-order valence-electron chi connectivity index (χ3n) is 7.43. The topological polar surface area (TPSA) is 128 Å². The molecule has 4 atom stereocenters. The number of methoxy groups -OCH3 is 1. The van der Waals surface area contributed by atoms with E-state index in [0.29, 0.717) is 41.6 Å². The molecular weight excluding hydrogens is 590 g/mol. The molecule has 240 valence electrons. The Morgan fingerprint density at radius 3 is 2.21 bits per heavy atom. The van der Waals surface area contributed by atoms with E-state index in [9.17, 15) is 24.0 Å². The summed E-state index contributed by atoms with van der Waals surface area (Å²) in [6.07, 6.45) is 2.20. The van der Waals surface area contributed by atoms with Gasteiger partial charge in [-0.25, -0.2) is 13.3 Å². The molecule has 2 aromatic carbocycles. The third-order valence-corrected chi connectivity index (χ3v) is 9.38. The van der Waals surface area contributed by atoms with Gasteiger partial charge in [-0.3, -0.25) is 4.79 Å². The van der Waals surface area contributed by atoms with Crippen molar-refractivity contribution in [2.24, 2.45) is 11.8 Å². The monoisotopic (exact) mass is 637 g/mol. The van der Waals surface area contributed by atoms with Crippen molar-refractivity contribution >= 4 is 34.6 Å². The van der Waals surface area contributed by atoms with E-state index < -0.39 is 23.1 Å². The molecule has 2 aromatic rings. The van der Waals surface area contributed by atoms with Crippen LogP contribution in [-0.2, 0) is 33.5 Å². The van der Waals surface area contributed by atoms with E-state index in [-0.39, 0.29) is 43.5 Å². The van der Waals surface area contributed by atoms with Crippen LogP contribution in [-0.4, -0.2) is 69.1 Å². The second-order valence-corrected chi connectivity index (χ2v) is 13.3. The maximum Gasteiger partial charge on any atom is 0.407 e. The summed E-state index contributed by atoms with van der Waals surface area (Å²) in [7, 11) is -0.239. The number of amides is 2. The van der Waals surface area contributed by atoms with Crippen molar-refractivity contribution in [2.45, 2.75) is 89.4 Å². The average Bonchev–Trinajstić information content (AvgIpc) is 2.99. The molecule has 0 aliphatic rings. The predicted octanol–water partition coefficient (Wildman–Crippen LogP) is 4.84. The van der Waals surface area contributed by atoms with Gasteiger partial charge in [-0.05, 0) is 66.8 Å². The zero-order chi connectivity index (χ0) is 31.9. The highest BCUT2D eigenvalue weighted by Crippen LogP contribution is 2.22. The Balaban J connectivity index is 2.12. The van der Waals surface area contributed by atoms with Gasteiger partial charge in [0, 0.05) is 30.1 Å². The minimum atomic E-state index is -1.49. The Hall–Kier alpha value is -2.50. The number of benzene rings is 2. The first kappa shape index (κ1) is 36.7. The molecular formula is C32H48ClN3O6S. The van der Waals surface area contributed by atoms with E-state index in [4.69, 9.17) is 16.3 Å². The number of alkyl carbamates (subject to hydrolysis) is 1. The maximum atomic E-state index is 13.6. The van der Waals surface area contributed by atoms with Crippen molar-refractivity contribution in [1.29, 1.82) is 0 Å². The number of carbonyl (C=O) groups is 2. The van der Waals surface area contributed by atoms with Crippen molar-refractivity contribution in [3.8, 4) is 0 Å². The number of nitrogens with zero attached hydrogens (tertiary/aromatic N) is 1. The van der Waals surface area contributed by atoms with Gasteiger partial charge in [-0.2, -0.15) is 0 Å². The second-order valence-electron chi connectivity index (χ2n) is 11.5. The zero-order valence-corrected chi connectivity index (χ0v) is 27.5. The first-order valence-corrected chi connectivity index (χ1v) is 16.4. The number of hydrogen-bond acceptors (Lipinski definition) is 6. The summed E-state index contributed by atoms with van der Waals surface area (Å²) in [5, 5.41) is 26.0. The van der Waals surface area contributed by atoms with Gasteiger partial charge in [0.25, 0.3) is 0 Å². The molecule has 0 heterocycles. The number of hydrogen-bond donors (Lipinski definition) is 4. The molecule has 0 aliphatic carbocycles. The lowest BCUT2D eigenvalue weighted by Crippen LogP contribution is -2.51. The van der Waals surface area contributed by atoms with Crippen LogP contribution in [0.4, 0.5) is 4.79 Å². The summed E-state index contributed by atoms with van der Waals surface area (Å²) in [4.78, 5) is 26.1. The highest BCUT2D eigenvalue weighted by atomic mass is 35.5. The van der Waals surface area contributed by atoms with Crippen molar-refractivity contribution < 1.29 is 28.7 Å². The van der Waals surface area contributed by atoms with Gasteiger partial charge in [0.1, 0.15) is 17.0 Å². The number of carbonyl (C=O) groups excluding carboxylic acids is 2. The number of rotatable bonds is 18. The van der Waals surface area contributed by atoms with Crippen LogP contribution in [0.2, 0.25) is 5.02 Å². The van der Waals surface area contributed by atoms with E-state index in [0.717, 1.165) is 17.5 Å². The molecule has 9 nitrogen and oxygen atoms in total. The van der Waals surface area contributed by atoms with E-state index in [1.165, 1.54) is 7.11 Å². The largest absolute Gasteiger partial charge is 0.453 e. The first-order chi connectivity index (χ1) is 20.5. The molecule has 0 aromatic heterocycles. The Morgan fingerprint density at radius 1 is 0.977 bits per heavy atom. The van der Waals surface area contributed by atoms with E-state index >= 15 is 0 Å². The summed E-state index contributed by atoms with van der Waals surface area (Å²) in [5.74, 6) is 0.161. The molecule has 11 heteroatoms. The number of aliphatic hydroxyl groups is 2. The van der Waals surface area contributed by atoms with Crippen LogP contribution in [0.25, 0.3) is 0 Å². The van der Waals surface area contributed by atoms with Crippen molar-refractivity contribution in [3.63, 3.8) is 0 Å². The maximum absolute atomic E-state index is 13.6. The van der Waals surface area contributed by atoms with Crippen LogP contribution in [0, 0.1) is 11.8 Å². The predicted molar refractivity (Wildman–Crippen MR) is 171 cm³/mol. The lowest BCUT2D eigenvalue weighted by molar-refractivity contribution is -0.124. The molecule has 0 radical (unpaired) electrons. The molecule has 2 rings (SSSR count). The van der Waals surface area contributed by atoms with Gasteiger partial charge >= 0.3 is 6.09 Å². The van der Waals surface area contributed by atoms with Crippen LogP contribution in [0.3, 0.4) is 0 Å². The van der Waals surface area contributed by atoms with Crippen LogP contribution in [0.15, 0.2) is 53.4 Å². The Morgan fingerprint density at radius 2 is 1.65 bits per heavy atom. The average molecular weight is 638 g/mol. The van der Waals surface area contributed by atoms with Gasteiger partial charge < -0.3 is 25.6 Å². The minimum Gasteiger partial charge on any atom is -0.453 e. The van der Waals surface area contributed by atoms with Crippen LogP contribution >= 0.6 is 11.6 Å². The van der Waals surface area contributed by atoms with Gasteiger partial charge in [0.2, 0.25) is 5.91 Å². The Bertz CT molecular complexity index is 1160. The van der Waals surface area contributed by atoms with Crippen LogP contribution in [0.1, 0.15) is 64.5 Å². The van der Waals surface area contributed by atoms with Crippen LogP contribution in [0.5, 0.6) is 0 Å². The summed E-state index contributed by atoms with van der Waals surface area (Å²) in [5.41, 5.74) is 1.47. The molecule has 2 amide bonds. The number of nitrogens with one attached hydrogen (secondary N) is 2. The summed E-state index contributed by atoms with van der Waals surface area (Å²) in [6.45, 7) is 8.57. The van der Waals surface area contributed by atoms with Gasteiger partial charge in [0.15, 0.2) is 0 Å². The fourth-order valence-electron chi connectivity index (χ4n) is 4.68. The Labute approximate surface area is 263 Å². The van der Waals surface area contributed by atoms with Crippen molar-refractivity contribution in [3.05, 3.63) is 64.7 Å². The smallest absolute Gasteiger partial charge is 0.407 e. The normalized spacial score (nSPS) is 14.4. The quantitative estimate of drug-likeness (QED) is 0.185. The highest BCUT2D eigenvalue weighted by Gasteiger charge is 2.28. The fourth-order valence-corrected chi connectivity index (χ4v) is 6.25. The lowest BCUT2D eigenvalue weighted by atomic mass is 9.96. The molecule has 0 spiro atoms. The molecule has 0 fully saturated rings. The lowest BCUT2D eigenvalue weighted by Gasteiger charge is -2.31. The van der Waals surface area contributed by atoms with Gasteiger partial charge in [-0.15, -0.1) is 0 Å². The molecule has 4 N–H and O–H groups in total.